The molecule has 0 radical (unpaired) electrons. The van der Waals surface area contributed by atoms with E-state index in [9.17, 15) is 4.79 Å². The Morgan fingerprint density at radius 3 is 2.74 bits per heavy atom. The van der Waals surface area contributed by atoms with Crippen molar-refractivity contribution < 1.29 is 4.79 Å². The smallest absolute Gasteiger partial charge is 0.236 e. The Bertz CT molecular complexity index is 455. The summed E-state index contributed by atoms with van der Waals surface area (Å²) in [4.78, 5) is 16.2. The second-order valence-electron chi connectivity index (χ2n) is 5.05. The van der Waals surface area contributed by atoms with Crippen LogP contribution in [0.3, 0.4) is 0 Å². The topological polar surface area (TPSA) is 49.6 Å². The highest BCUT2D eigenvalue weighted by molar-refractivity contribution is 5.78. The second-order valence-corrected chi connectivity index (χ2v) is 5.05. The lowest BCUT2D eigenvalue weighted by Gasteiger charge is -2.30. The van der Waals surface area contributed by atoms with E-state index in [0.29, 0.717) is 6.54 Å². The molecule has 2 N–H and O–H groups in total. The number of fused-ring (bicyclic) bond motifs is 1. The zero-order chi connectivity index (χ0) is 13.8. The van der Waals surface area contributed by atoms with Crippen LogP contribution in [0.25, 0.3) is 0 Å². The summed E-state index contributed by atoms with van der Waals surface area (Å²) in [5.41, 5.74) is 9.25. The Balaban J connectivity index is 1.98. The Kier molecular flexibility index (Phi) is 4.43. The Hall–Kier alpha value is -1.55. The summed E-state index contributed by atoms with van der Waals surface area (Å²) in [6, 6.07) is 6.08. The summed E-state index contributed by atoms with van der Waals surface area (Å²) in [5, 5.41) is 0. The number of hydrogen-bond donors (Lipinski definition) is 1. The lowest BCUT2D eigenvalue weighted by atomic mass is 9.99. The van der Waals surface area contributed by atoms with Gasteiger partial charge >= 0.3 is 0 Å². The number of anilines is 1. The first-order valence-electron chi connectivity index (χ1n) is 7.01. The molecule has 0 fully saturated rings. The van der Waals surface area contributed by atoms with Gasteiger partial charge in [-0.15, -0.1) is 0 Å². The monoisotopic (exact) mass is 261 g/mol. The molecule has 1 aliphatic rings. The average Bonchev–Trinajstić information content (AvgIpc) is 2.40. The van der Waals surface area contributed by atoms with Crippen LogP contribution in [0.2, 0.25) is 0 Å². The van der Waals surface area contributed by atoms with Crippen molar-refractivity contribution in [3.8, 4) is 0 Å². The molecule has 0 aromatic heterocycles. The first kappa shape index (κ1) is 13.9. The molecule has 1 heterocycles. The van der Waals surface area contributed by atoms with Crippen LogP contribution in [-0.2, 0) is 17.8 Å². The lowest BCUT2D eigenvalue weighted by molar-refractivity contribution is -0.132. The summed E-state index contributed by atoms with van der Waals surface area (Å²) in [7, 11) is 0. The third-order valence-electron chi connectivity index (χ3n) is 3.80. The van der Waals surface area contributed by atoms with Crippen LogP contribution in [0.4, 0.5) is 5.69 Å². The van der Waals surface area contributed by atoms with Gasteiger partial charge < -0.3 is 10.6 Å². The van der Waals surface area contributed by atoms with Crippen LogP contribution in [0.15, 0.2) is 18.2 Å². The Morgan fingerprint density at radius 2 is 2.05 bits per heavy atom. The maximum Gasteiger partial charge on any atom is 0.236 e. The molecule has 0 saturated carbocycles. The molecule has 0 atom stereocenters. The summed E-state index contributed by atoms with van der Waals surface area (Å²) in [6.45, 7) is 7.93. The molecule has 1 amide bonds. The van der Waals surface area contributed by atoms with E-state index in [1.54, 1.807) is 0 Å². The summed E-state index contributed by atoms with van der Waals surface area (Å²) in [6.07, 6.45) is 0.978. The van der Waals surface area contributed by atoms with Gasteiger partial charge in [0.15, 0.2) is 0 Å². The van der Waals surface area contributed by atoms with Crippen LogP contribution in [0.5, 0.6) is 0 Å². The highest BCUT2D eigenvalue weighted by atomic mass is 16.2. The first-order valence-corrected chi connectivity index (χ1v) is 7.01. The normalized spacial score (nSPS) is 15.1. The fourth-order valence-electron chi connectivity index (χ4n) is 2.63. The van der Waals surface area contributed by atoms with Crippen molar-refractivity contribution in [1.29, 1.82) is 0 Å². The van der Waals surface area contributed by atoms with E-state index in [-0.39, 0.29) is 5.91 Å². The number of benzene rings is 1. The molecule has 0 aliphatic carbocycles. The van der Waals surface area contributed by atoms with E-state index in [1.165, 1.54) is 11.1 Å². The van der Waals surface area contributed by atoms with Gasteiger partial charge in [0, 0.05) is 31.9 Å². The van der Waals surface area contributed by atoms with Gasteiger partial charge in [-0.1, -0.05) is 6.07 Å². The van der Waals surface area contributed by atoms with Crippen LogP contribution >= 0.6 is 0 Å². The maximum absolute atomic E-state index is 12.1. The van der Waals surface area contributed by atoms with Crippen molar-refractivity contribution in [2.45, 2.75) is 26.8 Å². The Morgan fingerprint density at radius 1 is 1.32 bits per heavy atom. The molecule has 1 aliphatic heterocycles. The van der Waals surface area contributed by atoms with Crippen LogP contribution in [-0.4, -0.2) is 41.9 Å². The van der Waals surface area contributed by atoms with Crippen LogP contribution < -0.4 is 5.73 Å². The van der Waals surface area contributed by atoms with Gasteiger partial charge in [-0.05, 0) is 43.5 Å². The fourth-order valence-corrected chi connectivity index (χ4v) is 2.63. The minimum Gasteiger partial charge on any atom is -0.399 e. The number of carbonyl (C=O) groups excluding carboxylic acids is 1. The highest BCUT2D eigenvalue weighted by Crippen LogP contribution is 2.21. The van der Waals surface area contributed by atoms with Crippen LogP contribution in [0.1, 0.15) is 25.0 Å². The number of nitrogen functional groups attached to an aromatic ring is 1. The van der Waals surface area contributed by atoms with Gasteiger partial charge in [0.1, 0.15) is 0 Å². The molecule has 0 bridgehead atoms. The average molecular weight is 261 g/mol. The van der Waals surface area contributed by atoms with Crippen molar-refractivity contribution in [1.82, 2.24) is 9.80 Å². The lowest BCUT2D eigenvalue weighted by Crippen LogP contribution is -2.42. The summed E-state index contributed by atoms with van der Waals surface area (Å²) in [5.74, 6) is 0.226. The van der Waals surface area contributed by atoms with E-state index >= 15 is 0 Å². The largest absolute Gasteiger partial charge is 0.399 e. The van der Waals surface area contributed by atoms with Crippen molar-refractivity contribution in [3.05, 3.63) is 29.3 Å². The number of rotatable bonds is 4. The minimum absolute atomic E-state index is 0.226. The molecule has 104 valence electrons. The quantitative estimate of drug-likeness (QED) is 0.836. The number of amides is 1. The molecule has 0 spiro atoms. The number of likely N-dealkylation sites (N-methyl/N-ethyl adjacent to an activating group) is 1. The Labute approximate surface area is 115 Å². The molecule has 19 heavy (non-hydrogen) atoms. The molecule has 1 aromatic rings. The van der Waals surface area contributed by atoms with E-state index in [1.807, 2.05) is 24.8 Å². The predicted molar refractivity (Wildman–Crippen MR) is 77.8 cm³/mol. The number of nitrogens with zero attached hydrogens (tertiary/aromatic N) is 2. The van der Waals surface area contributed by atoms with Crippen molar-refractivity contribution >= 4 is 11.6 Å². The van der Waals surface area contributed by atoms with Crippen molar-refractivity contribution in [3.63, 3.8) is 0 Å². The number of hydrogen-bond acceptors (Lipinski definition) is 3. The van der Waals surface area contributed by atoms with E-state index in [2.05, 4.69) is 17.0 Å². The molecular weight excluding hydrogens is 238 g/mol. The van der Waals surface area contributed by atoms with Crippen molar-refractivity contribution in [2.75, 3.05) is 31.9 Å². The third kappa shape index (κ3) is 3.26. The second kappa shape index (κ2) is 6.06. The molecule has 1 aromatic carbocycles. The standard InChI is InChI=1S/C15H23N3O/c1-3-18(4-2)15(19)11-17-8-7-12-9-14(16)6-5-13(12)10-17/h5-6,9H,3-4,7-8,10-11,16H2,1-2H3. The van der Waals surface area contributed by atoms with Gasteiger partial charge in [-0.3, -0.25) is 9.69 Å². The molecule has 0 saturated heterocycles. The fraction of sp³-hybridized carbons (Fsp3) is 0.533. The SMILES string of the molecule is CCN(CC)C(=O)CN1CCc2cc(N)ccc2C1. The highest BCUT2D eigenvalue weighted by Gasteiger charge is 2.20. The van der Waals surface area contributed by atoms with Gasteiger partial charge in [-0.25, -0.2) is 0 Å². The molecule has 2 rings (SSSR count). The zero-order valence-corrected chi connectivity index (χ0v) is 11.9. The predicted octanol–water partition coefficient (Wildman–Crippen LogP) is 1.50. The number of nitrogens with two attached hydrogens (primary N) is 1. The van der Waals surface area contributed by atoms with Crippen LogP contribution in [0, 0.1) is 0 Å². The van der Waals surface area contributed by atoms with E-state index in [4.69, 9.17) is 5.73 Å². The molecule has 4 nitrogen and oxygen atoms in total. The third-order valence-corrected chi connectivity index (χ3v) is 3.80. The van der Waals surface area contributed by atoms with E-state index < -0.39 is 0 Å². The van der Waals surface area contributed by atoms with Crippen molar-refractivity contribution in [2.24, 2.45) is 0 Å². The molecule has 0 unspecified atom stereocenters. The maximum atomic E-state index is 12.1. The molecular formula is C15H23N3O. The summed E-state index contributed by atoms with van der Waals surface area (Å²) >= 11 is 0. The first-order chi connectivity index (χ1) is 9.13. The van der Waals surface area contributed by atoms with Gasteiger partial charge in [0.2, 0.25) is 5.91 Å². The zero-order valence-electron chi connectivity index (χ0n) is 11.9. The van der Waals surface area contributed by atoms with Gasteiger partial charge in [-0.2, -0.15) is 0 Å². The summed E-state index contributed by atoms with van der Waals surface area (Å²) < 4.78 is 0. The van der Waals surface area contributed by atoms with Gasteiger partial charge in [0.25, 0.3) is 0 Å². The van der Waals surface area contributed by atoms with Gasteiger partial charge in [0.05, 0.1) is 6.54 Å². The number of carbonyl (C=O) groups is 1. The van der Waals surface area contributed by atoms with E-state index in [0.717, 1.165) is 38.3 Å². The molecule has 4 heteroatoms. The minimum atomic E-state index is 0.226.